The number of ether oxygens (including phenoxy) is 2. The SMILES string of the molecule is COCCN1C(=O)C(=O)/C(=C(\O)c2ccc(F)cc2)C1c1ccc(OC)cc1. The summed E-state index contributed by atoms with van der Waals surface area (Å²) in [7, 11) is 3.03. The van der Waals surface area contributed by atoms with Crippen LogP contribution in [-0.4, -0.2) is 49.1 Å². The zero-order chi connectivity index (χ0) is 20.3. The molecule has 0 bridgehead atoms. The summed E-state index contributed by atoms with van der Waals surface area (Å²) in [6.45, 7) is 0.411. The van der Waals surface area contributed by atoms with Gasteiger partial charge in [-0.2, -0.15) is 0 Å². The van der Waals surface area contributed by atoms with E-state index in [0.717, 1.165) is 0 Å². The molecule has 28 heavy (non-hydrogen) atoms. The van der Waals surface area contributed by atoms with Gasteiger partial charge in [-0.3, -0.25) is 9.59 Å². The summed E-state index contributed by atoms with van der Waals surface area (Å²) in [5.41, 5.74) is 0.849. The number of nitrogens with zero attached hydrogens (tertiary/aromatic N) is 1. The molecule has 0 aliphatic carbocycles. The van der Waals surface area contributed by atoms with Crippen LogP contribution < -0.4 is 4.74 Å². The van der Waals surface area contributed by atoms with Crippen molar-refractivity contribution >= 4 is 17.4 Å². The van der Waals surface area contributed by atoms with Gasteiger partial charge in [0.1, 0.15) is 17.3 Å². The Morgan fingerprint density at radius 2 is 1.71 bits per heavy atom. The lowest BCUT2D eigenvalue weighted by Gasteiger charge is -2.25. The summed E-state index contributed by atoms with van der Waals surface area (Å²) in [4.78, 5) is 26.7. The molecule has 1 atom stereocenters. The minimum Gasteiger partial charge on any atom is -0.507 e. The number of hydrogen-bond acceptors (Lipinski definition) is 5. The van der Waals surface area contributed by atoms with Crippen LogP contribution in [0.5, 0.6) is 5.75 Å². The number of carbonyl (C=O) groups is 2. The first-order valence-electron chi connectivity index (χ1n) is 8.65. The Morgan fingerprint density at radius 1 is 1.07 bits per heavy atom. The molecule has 1 amide bonds. The molecule has 3 rings (SSSR count). The molecule has 2 aromatic carbocycles. The van der Waals surface area contributed by atoms with E-state index >= 15 is 0 Å². The van der Waals surface area contributed by atoms with Gasteiger partial charge in [0.25, 0.3) is 11.7 Å². The van der Waals surface area contributed by atoms with Crippen molar-refractivity contribution in [2.24, 2.45) is 0 Å². The molecule has 6 nitrogen and oxygen atoms in total. The maximum absolute atomic E-state index is 13.2. The topological polar surface area (TPSA) is 76.1 Å². The molecule has 1 N–H and O–H groups in total. The Morgan fingerprint density at radius 3 is 2.29 bits per heavy atom. The summed E-state index contributed by atoms with van der Waals surface area (Å²) >= 11 is 0. The van der Waals surface area contributed by atoms with E-state index in [0.29, 0.717) is 11.3 Å². The molecule has 2 aromatic rings. The summed E-state index contributed by atoms with van der Waals surface area (Å²) in [6, 6.07) is 11.2. The Bertz CT molecular complexity index is 905. The number of rotatable bonds is 6. The Balaban J connectivity index is 2.13. The highest BCUT2D eigenvalue weighted by molar-refractivity contribution is 6.46. The molecule has 1 saturated heterocycles. The Kier molecular flexibility index (Phi) is 5.75. The molecule has 0 spiro atoms. The average Bonchev–Trinajstić information content (AvgIpc) is 2.97. The molecule has 0 aromatic heterocycles. The van der Waals surface area contributed by atoms with Gasteiger partial charge < -0.3 is 19.5 Å². The van der Waals surface area contributed by atoms with E-state index in [9.17, 15) is 19.1 Å². The van der Waals surface area contributed by atoms with Gasteiger partial charge in [-0.05, 0) is 42.0 Å². The minimum absolute atomic E-state index is 0.0436. The summed E-state index contributed by atoms with van der Waals surface area (Å²) < 4.78 is 23.4. The van der Waals surface area contributed by atoms with Crippen LogP contribution in [0.1, 0.15) is 17.2 Å². The normalized spacial score (nSPS) is 18.5. The number of methoxy groups -OCH3 is 2. The largest absolute Gasteiger partial charge is 0.507 e. The fourth-order valence-corrected chi connectivity index (χ4v) is 3.20. The third kappa shape index (κ3) is 3.61. The number of aliphatic hydroxyl groups is 1. The van der Waals surface area contributed by atoms with E-state index in [4.69, 9.17) is 9.47 Å². The second-order valence-electron chi connectivity index (χ2n) is 6.27. The first kappa shape index (κ1) is 19.6. The summed E-state index contributed by atoms with van der Waals surface area (Å²) in [5.74, 6) is -1.71. The van der Waals surface area contributed by atoms with E-state index in [-0.39, 0.29) is 30.0 Å². The third-order valence-electron chi connectivity index (χ3n) is 4.63. The average molecular weight is 385 g/mol. The number of ketones is 1. The van der Waals surface area contributed by atoms with Gasteiger partial charge in [0, 0.05) is 19.2 Å². The predicted octanol–water partition coefficient (Wildman–Crippen LogP) is 2.90. The van der Waals surface area contributed by atoms with Gasteiger partial charge >= 0.3 is 0 Å². The lowest BCUT2D eigenvalue weighted by atomic mass is 9.95. The van der Waals surface area contributed by atoms with Crippen LogP contribution in [0.4, 0.5) is 4.39 Å². The van der Waals surface area contributed by atoms with Crippen molar-refractivity contribution in [2.45, 2.75) is 6.04 Å². The molecule has 7 heteroatoms. The smallest absolute Gasteiger partial charge is 0.295 e. The first-order valence-corrected chi connectivity index (χ1v) is 8.65. The van der Waals surface area contributed by atoms with Gasteiger partial charge in [-0.15, -0.1) is 0 Å². The number of aliphatic hydroxyl groups excluding tert-OH is 1. The van der Waals surface area contributed by atoms with Crippen LogP contribution in [0.15, 0.2) is 54.1 Å². The van der Waals surface area contributed by atoms with Gasteiger partial charge in [-0.1, -0.05) is 12.1 Å². The second kappa shape index (κ2) is 8.22. The number of benzene rings is 2. The quantitative estimate of drug-likeness (QED) is 0.470. The molecule has 1 heterocycles. The van der Waals surface area contributed by atoms with Crippen molar-refractivity contribution in [3.05, 3.63) is 71.0 Å². The molecule has 1 aliphatic rings. The van der Waals surface area contributed by atoms with Gasteiger partial charge in [-0.25, -0.2) is 4.39 Å². The van der Waals surface area contributed by atoms with Crippen LogP contribution in [0.3, 0.4) is 0 Å². The molecule has 0 saturated carbocycles. The highest BCUT2D eigenvalue weighted by Crippen LogP contribution is 2.39. The second-order valence-corrected chi connectivity index (χ2v) is 6.27. The van der Waals surface area contributed by atoms with Crippen LogP contribution in [0.25, 0.3) is 5.76 Å². The minimum atomic E-state index is -0.793. The van der Waals surface area contributed by atoms with Crippen LogP contribution in [0.2, 0.25) is 0 Å². The molecule has 0 radical (unpaired) electrons. The van der Waals surface area contributed by atoms with Crippen molar-refractivity contribution in [1.82, 2.24) is 4.90 Å². The van der Waals surface area contributed by atoms with Crippen molar-refractivity contribution in [3.63, 3.8) is 0 Å². The number of halogens is 1. The van der Waals surface area contributed by atoms with Crippen molar-refractivity contribution < 1.29 is 28.6 Å². The lowest BCUT2D eigenvalue weighted by Crippen LogP contribution is -2.32. The van der Waals surface area contributed by atoms with Gasteiger partial charge in [0.15, 0.2) is 0 Å². The summed E-state index contributed by atoms with van der Waals surface area (Å²) in [5, 5.41) is 10.8. The van der Waals surface area contributed by atoms with E-state index in [2.05, 4.69) is 0 Å². The maximum atomic E-state index is 13.2. The van der Waals surface area contributed by atoms with E-state index in [1.165, 1.54) is 43.4 Å². The zero-order valence-corrected chi connectivity index (χ0v) is 15.5. The fraction of sp³-hybridized carbons (Fsp3) is 0.238. The van der Waals surface area contributed by atoms with Crippen LogP contribution >= 0.6 is 0 Å². The number of amides is 1. The highest BCUT2D eigenvalue weighted by Gasteiger charge is 2.45. The Hall–Kier alpha value is -3.19. The van der Waals surface area contributed by atoms with Crippen molar-refractivity contribution in [3.8, 4) is 5.75 Å². The highest BCUT2D eigenvalue weighted by atomic mass is 19.1. The molecule has 146 valence electrons. The summed E-state index contributed by atoms with van der Waals surface area (Å²) in [6.07, 6.45) is 0. The van der Waals surface area contributed by atoms with Crippen molar-refractivity contribution in [1.29, 1.82) is 0 Å². The van der Waals surface area contributed by atoms with Crippen LogP contribution in [-0.2, 0) is 14.3 Å². The van der Waals surface area contributed by atoms with Gasteiger partial charge in [0.05, 0.1) is 25.3 Å². The maximum Gasteiger partial charge on any atom is 0.295 e. The third-order valence-corrected chi connectivity index (χ3v) is 4.63. The van der Waals surface area contributed by atoms with Crippen molar-refractivity contribution in [2.75, 3.05) is 27.4 Å². The molecular weight excluding hydrogens is 365 g/mol. The molecule has 1 fully saturated rings. The lowest BCUT2D eigenvalue weighted by molar-refractivity contribution is -0.140. The fourth-order valence-electron chi connectivity index (χ4n) is 3.20. The first-order chi connectivity index (χ1) is 13.5. The monoisotopic (exact) mass is 385 g/mol. The zero-order valence-electron chi connectivity index (χ0n) is 15.5. The standard InChI is InChI=1S/C21H20FNO5/c1-27-12-11-23-18(13-5-9-16(28-2)10-6-13)17(20(25)21(23)26)19(24)14-3-7-15(22)8-4-14/h3-10,18,24H,11-12H2,1-2H3/b19-17-. The van der Waals surface area contributed by atoms with E-state index in [1.807, 2.05) is 0 Å². The number of Topliss-reactive ketones (excluding diaryl/α,β-unsaturated/α-hetero) is 1. The van der Waals surface area contributed by atoms with E-state index < -0.39 is 23.5 Å². The molecular formula is C21H20FNO5. The molecule has 1 unspecified atom stereocenters. The number of likely N-dealkylation sites (tertiary alicyclic amines) is 1. The number of hydrogen-bond donors (Lipinski definition) is 1. The van der Waals surface area contributed by atoms with Gasteiger partial charge in [0.2, 0.25) is 0 Å². The number of carbonyl (C=O) groups excluding carboxylic acids is 2. The predicted molar refractivity (Wildman–Crippen MR) is 100 cm³/mol. The van der Waals surface area contributed by atoms with Crippen LogP contribution in [0, 0.1) is 5.82 Å². The molecule has 1 aliphatic heterocycles. The Labute approximate surface area is 161 Å². The van der Waals surface area contributed by atoms with E-state index in [1.54, 1.807) is 24.3 Å².